The third-order valence-corrected chi connectivity index (χ3v) is 3.32. The summed E-state index contributed by atoms with van der Waals surface area (Å²) >= 11 is 1.94. The summed E-state index contributed by atoms with van der Waals surface area (Å²) in [6.45, 7) is 7.28. The fourth-order valence-electron chi connectivity index (χ4n) is 1.47. The average Bonchev–Trinajstić information content (AvgIpc) is 2.65. The van der Waals surface area contributed by atoms with E-state index in [9.17, 15) is 5.11 Å². The molecule has 1 rings (SSSR count). The van der Waals surface area contributed by atoms with Gasteiger partial charge in [-0.1, -0.05) is 20.8 Å². The molecule has 1 aromatic rings. The molecule has 0 saturated carbocycles. The van der Waals surface area contributed by atoms with E-state index < -0.39 is 0 Å². The maximum atomic E-state index is 9.86. The maximum absolute atomic E-state index is 9.86. The van der Waals surface area contributed by atoms with Crippen molar-refractivity contribution in [3.63, 3.8) is 0 Å². The third kappa shape index (κ3) is 3.92. The third-order valence-electron chi connectivity index (χ3n) is 2.44. The minimum atomic E-state index is -0.329. The van der Waals surface area contributed by atoms with E-state index in [2.05, 4.69) is 23.9 Å². The lowest BCUT2D eigenvalue weighted by Gasteiger charge is -2.12. The summed E-state index contributed by atoms with van der Waals surface area (Å²) in [7, 11) is 0. The zero-order valence-corrected chi connectivity index (χ0v) is 10.6. The summed E-state index contributed by atoms with van der Waals surface area (Å²) in [6.07, 6.45) is 3.78. The molecule has 2 nitrogen and oxygen atoms in total. The van der Waals surface area contributed by atoms with E-state index >= 15 is 0 Å². The highest BCUT2D eigenvalue weighted by atomic mass is 32.2. The molecule has 86 valence electrons. The number of rotatable bonds is 6. The molecule has 3 heteroatoms. The number of nitrogens with zero attached hydrogens (tertiary/aromatic N) is 1. The summed E-state index contributed by atoms with van der Waals surface area (Å²) in [5.41, 5.74) is 1.03. The van der Waals surface area contributed by atoms with Gasteiger partial charge in [0, 0.05) is 24.7 Å². The molecule has 1 unspecified atom stereocenters. The van der Waals surface area contributed by atoms with Crippen molar-refractivity contribution in [2.24, 2.45) is 5.92 Å². The van der Waals surface area contributed by atoms with Crippen LogP contribution in [0.1, 0.15) is 32.4 Å². The highest BCUT2D eigenvalue weighted by Gasteiger charge is 2.12. The standard InChI is InChI=1S/C12H21NOS/c1-4-15-8-7-13-6-5-11(9-13)12(14)10(2)3/h5-6,9-10,12,14H,4,7-8H2,1-3H3. The topological polar surface area (TPSA) is 25.2 Å². The first-order valence-corrected chi connectivity index (χ1v) is 6.72. The van der Waals surface area contributed by atoms with Gasteiger partial charge < -0.3 is 9.67 Å². The molecule has 1 aromatic heterocycles. The lowest BCUT2D eigenvalue weighted by atomic mass is 10.0. The van der Waals surface area contributed by atoms with E-state index in [1.54, 1.807) is 0 Å². The molecular formula is C12H21NOS. The minimum Gasteiger partial charge on any atom is -0.388 e. The number of aryl methyl sites for hydroxylation is 1. The first kappa shape index (κ1) is 12.7. The van der Waals surface area contributed by atoms with Gasteiger partial charge in [0.25, 0.3) is 0 Å². The van der Waals surface area contributed by atoms with Crippen LogP contribution in [0.25, 0.3) is 0 Å². The SMILES string of the molecule is CCSCCn1ccc(C(O)C(C)C)c1. The number of hydrogen-bond acceptors (Lipinski definition) is 2. The molecule has 0 amide bonds. The zero-order valence-electron chi connectivity index (χ0n) is 9.81. The smallest absolute Gasteiger partial charge is 0.0827 e. The minimum absolute atomic E-state index is 0.283. The van der Waals surface area contributed by atoms with Crippen molar-refractivity contribution >= 4 is 11.8 Å². The first-order chi connectivity index (χ1) is 7.15. The Morgan fingerprint density at radius 1 is 1.47 bits per heavy atom. The Balaban J connectivity index is 2.48. The molecule has 0 fully saturated rings. The molecular weight excluding hydrogens is 206 g/mol. The number of hydrogen-bond donors (Lipinski definition) is 1. The highest BCUT2D eigenvalue weighted by molar-refractivity contribution is 7.99. The molecule has 1 heterocycles. The van der Waals surface area contributed by atoms with Gasteiger partial charge in [-0.2, -0.15) is 11.8 Å². The Morgan fingerprint density at radius 2 is 2.20 bits per heavy atom. The van der Waals surface area contributed by atoms with Crippen LogP contribution < -0.4 is 0 Å². The van der Waals surface area contributed by atoms with E-state index in [0.29, 0.717) is 0 Å². The van der Waals surface area contributed by atoms with Crippen LogP contribution in [0.5, 0.6) is 0 Å². The van der Waals surface area contributed by atoms with Gasteiger partial charge in [-0.3, -0.25) is 0 Å². The van der Waals surface area contributed by atoms with Gasteiger partial charge in [-0.15, -0.1) is 0 Å². The second-order valence-corrected chi connectivity index (χ2v) is 5.46. The Hall–Kier alpha value is -0.410. The molecule has 0 aliphatic carbocycles. The molecule has 1 N–H and O–H groups in total. The molecule has 0 bridgehead atoms. The van der Waals surface area contributed by atoms with Gasteiger partial charge in [-0.25, -0.2) is 0 Å². The second kappa shape index (κ2) is 6.23. The monoisotopic (exact) mass is 227 g/mol. The van der Waals surface area contributed by atoms with E-state index in [1.165, 1.54) is 5.75 Å². The van der Waals surface area contributed by atoms with Gasteiger partial charge in [0.2, 0.25) is 0 Å². The molecule has 0 radical (unpaired) electrons. The van der Waals surface area contributed by atoms with Crippen molar-refractivity contribution in [1.29, 1.82) is 0 Å². The fourth-order valence-corrected chi connectivity index (χ4v) is 2.10. The Labute approximate surface area is 96.7 Å². The lowest BCUT2D eigenvalue weighted by Crippen LogP contribution is -2.04. The predicted octanol–water partition coefficient (Wildman–Crippen LogP) is 2.93. The lowest BCUT2D eigenvalue weighted by molar-refractivity contribution is 0.127. The van der Waals surface area contributed by atoms with Crippen molar-refractivity contribution < 1.29 is 5.11 Å². The number of aliphatic hydroxyl groups excluding tert-OH is 1. The zero-order chi connectivity index (χ0) is 11.3. The van der Waals surface area contributed by atoms with Gasteiger partial charge >= 0.3 is 0 Å². The van der Waals surface area contributed by atoms with Crippen LogP contribution in [0.2, 0.25) is 0 Å². The predicted molar refractivity (Wildman–Crippen MR) is 67.2 cm³/mol. The normalized spacial score (nSPS) is 13.4. The Kier molecular flexibility index (Phi) is 5.26. The van der Waals surface area contributed by atoms with Gasteiger partial charge in [0.15, 0.2) is 0 Å². The molecule has 0 aliphatic rings. The summed E-state index contributed by atoms with van der Waals surface area (Å²) in [6, 6.07) is 2.02. The average molecular weight is 227 g/mol. The van der Waals surface area contributed by atoms with Crippen LogP contribution in [0.3, 0.4) is 0 Å². The Bertz CT molecular complexity index is 283. The van der Waals surface area contributed by atoms with Gasteiger partial charge in [0.05, 0.1) is 6.10 Å². The Morgan fingerprint density at radius 3 is 2.80 bits per heavy atom. The van der Waals surface area contributed by atoms with Crippen molar-refractivity contribution in [1.82, 2.24) is 4.57 Å². The van der Waals surface area contributed by atoms with E-state index in [4.69, 9.17) is 0 Å². The van der Waals surface area contributed by atoms with Crippen molar-refractivity contribution in [3.05, 3.63) is 24.0 Å². The number of thioether (sulfide) groups is 1. The first-order valence-electron chi connectivity index (χ1n) is 5.56. The summed E-state index contributed by atoms with van der Waals surface area (Å²) in [5.74, 6) is 2.59. The van der Waals surface area contributed by atoms with Gasteiger partial charge in [-0.05, 0) is 23.3 Å². The van der Waals surface area contributed by atoms with Crippen LogP contribution >= 0.6 is 11.8 Å². The van der Waals surface area contributed by atoms with Crippen LogP contribution in [0.4, 0.5) is 0 Å². The maximum Gasteiger partial charge on any atom is 0.0827 e. The molecule has 0 aliphatic heterocycles. The molecule has 0 spiro atoms. The summed E-state index contributed by atoms with van der Waals surface area (Å²) < 4.78 is 2.16. The fraction of sp³-hybridized carbons (Fsp3) is 0.667. The second-order valence-electron chi connectivity index (χ2n) is 4.07. The molecule has 0 saturated heterocycles. The van der Waals surface area contributed by atoms with Crippen molar-refractivity contribution in [3.8, 4) is 0 Å². The van der Waals surface area contributed by atoms with Gasteiger partial charge in [0.1, 0.15) is 0 Å². The van der Waals surface area contributed by atoms with Crippen LogP contribution in [0.15, 0.2) is 18.5 Å². The summed E-state index contributed by atoms with van der Waals surface area (Å²) in [4.78, 5) is 0. The van der Waals surface area contributed by atoms with Crippen LogP contribution in [-0.4, -0.2) is 21.2 Å². The van der Waals surface area contributed by atoms with E-state index in [1.807, 2.05) is 31.7 Å². The largest absolute Gasteiger partial charge is 0.388 e. The molecule has 0 aromatic carbocycles. The van der Waals surface area contributed by atoms with Crippen molar-refractivity contribution in [2.45, 2.75) is 33.4 Å². The molecule has 1 atom stereocenters. The van der Waals surface area contributed by atoms with Crippen LogP contribution in [-0.2, 0) is 6.54 Å². The van der Waals surface area contributed by atoms with Crippen LogP contribution in [0, 0.1) is 5.92 Å². The number of aromatic nitrogens is 1. The van der Waals surface area contributed by atoms with E-state index in [-0.39, 0.29) is 12.0 Å². The molecule has 15 heavy (non-hydrogen) atoms. The summed E-state index contributed by atoms with van der Waals surface area (Å²) in [5, 5.41) is 9.86. The quantitative estimate of drug-likeness (QED) is 0.756. The highest BCUT2D eigenvalue weighted by Crippen LogP contribution is 2.21. The van der Waals surface area contributed by atoms with E-state index in [0.717, 1.165) is 17.9 Å². The number of aliphatic hydroxyl groups is 1. The van der Waals surface area contributed by atoms with Crippen molar-refractivity contribution in [2.75, 3.05) is 11.5 Å².